The zero-order valence-electron chi connectivity index (χ0n) is 10.0. The largest absolute Gasteiger partial charge is 0.444 e. The summed E-state index contributed by atoms with van der Waals surface area (Å²) in [6.07, 6.45) is 0.373. The zero-order chi connectivity index (χ0) is 12.2. The fourth-order valence-corrected chi connectivity index (χ4v) is 1.30. The Labute approximate surface area is 95.3 Å². The fourth-order valence-electron chi connectivity index (χ4n) is 1.30. The lowest BCUT2D eigenvalue weighted by Gasteiger charge is -2.20. The highest BCUT2D eigenvalue weighted by atomic mass is 16.6. The number of amides is 2. The Morgan fingerprint density at radius 2 is 2.12 bits per heavy atom. The van der Waals surface area contributed by atoms with Gasteiger partial charge in [0.1, 0.15) is 12.1 Å². The van der Waals surface area contributed by atoms with E-state index in [0.717, 1.165) is 13.0 Å². The van der Waals surface area contributed by atoms with E-state index in [2.05, 4.69) is 10.7 Å². The second-order valence-corrected chi connectivity index (χ2v) is 4.66. The lowest BCUT2D eigenvalue weighted by Crippen LogP contribution is -2.44. The highest BCUT2D eigenvalue weighted by Gasteiger charge is 2.20. The molecule has 92 valence electrons. The number of nitrogens with one attached hydrogen (secondary N) is 2. The van der Waals surface area contributed by atoms with Gasteiger partial charge in [-0.15, -0.1) is 0 Å². The van der Waals surface area contributed by atoms with Crippen LogP contribution in [0.3, 0.4) is 0 Å². The standard InChI is InChI=1S/C10H19N3O3/c1-10(2,3)16-9(15)11-7-8(14)13-6-4-5-12-13/h12H,4-7H2,1-3H3,(H,11,15). The van der Waals surface area contributed by atoms with Gasteiger partial charge in [-0.1, -0.05) is 0 Å². The molecule has 1 aliphatic heterocycles. The van der Waals surface area contributed by atoms with Gasteiger partial charge in [0.25, 0.3) is 5.91 Å². The van der Waals surface area contributed by atoms with Gasteiger partial charge >= 0.3 is 6.09 Å². The van der Waals surface area contributed by atoms with Crippen molar-refractivity contribution in [3.8, 4) is 0 Å². The Balaban J connectivity index is 2.23. The van der Waals surface area contributed by atoms with E-state index in [1.165, 1.54) is 5.01 Å². The normalized spacial score (nSPS) is 16.1. The number of ether oxygens (including phenoxy) is 1. The van der Waals surface area contributed by atoms with Crippen LogP contribution < -0.4 is 10.7 Å². The molecular weight excluding hydrogens is 210 g/mol. The van der Waals surface area contributed by atoms with Crippen molar-refractivity contribution in [3.05, 3.63) is 0 Å². The number of nitrogens with zero attached hydrogens (tertiary/aromatic N) is 1. The molecule has 0 radical (unpaired) electrons. The second-order valence-electron chi connectivity index (χ2n) is 4.66. The molecule has 1 rings (SSSR count). The molecule has 0 saturated carbocycles. The summed E-state index contributed by atoms with van der Waals surface area (Å²) in [7, 11) is 0. The van der Waals surface area contributed by atoms with Crippen LogP contribution in [0, 0.1) is 0 Å². The van der Waals surface area contributed by atoms with Gasteiger partial charge in [0, 0.05) is 13.1 Å². The van der Waals surface area contributed by atoms with E-state index < -0.39 is 11.7 Å². The molecule has 1 fully saturated rings. The van der Waals surface area contributed by atoms with Crippen molar-refractivity contribution in [2.75, 3.05) is 19.6 Å². The van der Waals surface area contributed by atoms with Crippen LogP contribution >= 0.6 is 0 Å². The Morgan fingerprint density at radius 1 is 1.44 bits per heavy atom. The van der Waals surface area contributed by atoms with Gasteiger partial charge in [0.15, 0.2) is 0 Å². The Bertz CT molecular complexity index is 267. The van der Waals surface area contributed by atoms with Crippen LogP contribution in [-0.4, -0.2) is 42.2 Å². The molecule has 1 saturated heterocycles. The number of carbonyl (C=O) groups is 2. The summed E-state index contributed by atoms with van der Waals surface area (Å²) >= 11 is 0. The van der Waals surface area contributed by atoms with Crippen LogP contribution in [0.4, 0.5) is 4.79 Å². The summed E-state index contributed by atoms with van der Waals surface area (Å²) in [5.74, 6) is -0.150. The van der Waals surface area contributed by atoms with E-state index in [4.69, 9.17) is 4.74 Å². The van der Waals surface area contributed by atoms with Gasteiger partial charge in [-0.05, 0) is 27.2 Å². The van der Waals surface area contributed by atoms with E-state index in [1.807, 2.05) is 0 Å². The minimum Gasteiger partial charge on any atom is -0.444 e. The van der Waals surface area contributed by atoms with Crippen molar-refractivity contribution >= 4 is 12.0 Å². The second kappa shape index (κ2) is 5.16. The number of hydrazine groups is 1. The van der Waals surface area contributed by atoms with Crippen molar-refractivity contribution in [2.45, 2.75) is 32.8 Å². The quantitative estimate of drug-likeness (QED) is 0.712. The summed E-state index contributed by atoms with van der Waals surface area (Å²) in [5, 5.41) is 3.93. The van der Waals surface area contributed by atoms with E-state index in [1.54, 1.807) is 20.8 Å². The van der Waals surface area contributed by atoms with Gasteiger partial charge in [0.05, 0.1) is 0 Å². The first-order chi connectivity index (χ1) is 7.38. The SMILES string of the molecule is CC(C)(C)OC(=O)NCC(=O)N1CCCN1. The number of hydrogen-bond acceptors (Lipinski definition) is 4. The van der Waals surface area contributed by atoms with Gasteiger partial charge < -0.3 is 10.1 Å². The summed E-state index contributed by atoms with van der Waals surface area (Å²) in [5.41, 5.74) is 2.38. The molecule has 0 aromatic rings. The first-order valence-corrected chi connectivity index (χ1v) is 5.39. The Morgan fingerprint density at radius 3 is 2.62 bits per heavy atom. The van der Waals surface area contributed by atoms with Crippen LogP contribution in [0.5, 0.6) is 0 Å². The monoisotopic (exact) mass is 229 g/mol. The van der Waals surface area contributed by atoms with E-state index in [9.17, 15) is 9.59 Å². The predicted octanol–water partition coefficient (Wildman–Crippen LogP) is 0.248. The summed E-state index contributed by atoms with van der Waals surface area (Å²) in [6.45, 7) is 6.78. The molecule has 0 aromatic carbocycles. The third-order valence-electron chi connectivity index (χ3n) is 1.95. The summed E-state index contributed by atoms with van der Waals surface area (Å²) in [4.78, 5) is 22.8. The molecule has 1 heterocycles. The predicted molar refractivity (Wildman–Crippen MR) is 58.6 cm³/mol. The molecule has 2 amide bonds. The smallest absolute Gasteiger partial charge is 0.408 e. The minimum atomic E-state index is -0.569. The average molecular weight is 229 g/mol. The molecule has 0 unspecified atom stereocenters. The molecule has 6 heteroatoms. The maximum atomic E-state index is 11.5. The van der Waals surface area contributed by atoms with Gasteiger partial charge in [-0.25, -0.2) is 10.2 Å². The van der Waals surface area contributed by atoms with Crippen molar-refractivity contribution in [3.63, 3.8) is 0 Å². The molecular formula is C10H19N3O3. The summed E-state index contributed by atoms with van der Waals surface area (Å²) in [6, 6.07) is 0. The van der Waals surface area contributed by atoms with Crippen LogP contribution in [0.25, 0.3) is 0 Å². The first kappa shape index (κ1) is 12.8. The maximum absolute atomic E-state index is 11.5. The highest BCUT2D eigenvalue weighted by Crippen LogP contribution is 2.06. The van der Waals surface area contributed by atoms with Crippen LogP contribution in [-0.2, 0) is 9.53 Å². The van der Waals surface area contributed by atoms with E-state index >= 15 is 0 Å². The average Bonchev–Trinajstić information content (AvgIpc) is 2.64. The maximum Gasteiger partial charge on any atom is 0.408 e. The lowest BCUT2D eigenvalue weighted by molar-refractivity contribution is -0.131. The third kappa shape index (κ3) is 4.48. The molecule has 1 aliphatic rings. The number of alkyl carbamates (subject to hydrolysis) is 1. The van der Waals surface area contributed by atoms with Gasteiger partial charge in [0.2, 0.25) is 0 Å². The Hall–Kier alpha value is -1.30. The van der Waals surface area contributed by atoms with Gasteiger partial charge in [-0.2, -0.15) is 0 Å². The fraction of sp³-hybridized carbons (Fsp3) is 0.800. The topological polar surface area (TPSA) is 70.7 Å². The van der Waals surface area contributed by atoms with Gasteiger partial charge in [-0.3, -0.25) is 9.80 Å². The molecule has 2 N–H and O–H groups in total. The van der Waals surface area contributed by atoms with E-state index in [-0.39, 0.29) is 12.5 Å². The third-order valence-corrected chi connectivity index (χ3v) is 1.95. The molecule has 0 aromatic heterocycles. The molecule has 0 spiro atoms. The van der Waals surface area contributed by atoms with Crippen LogP contribution in [0.2, 0.25) is 0 Å². The van der Waals surface area contributed by atoms with Crippen molar-refractivity contribution in [1.29, 1.82) is 0 Å². The first-order valence-electron chi connectivity index (χ1n) is 5.39. The van der Waals surface area contributed by atoms with Crippen LogP contribution in [0.15, 0.2) is 0 Å². The minimum absolute atomic E-state index is 0.0398. The number of hydrogen-bond donors (Lipinski definition) is 2. The summed E-state index contributed by atoms with van der Waals surface area (Å²) < 4.78 is 5.01. The Kier molecular flexibility index (Phi) is 4.12. The van der Waals surface area contributed by atoms with Crippen LogP contribution in [0.1, 0.15) is 27.2 Å². The zero-order valence-corrected chi connectivity index (χ0v) is 10.0. The van der Waals surface area contributed by atoms with Crippen molar-refractivity contribution in [2.24, 2.45) is 0 Å². The lowest BCUT2D eigenvalue weighted by atomic mass is 10.2. The number of carbonyl (C=O) groups excluding carboxylic acids is 2. The molecule has 0 bridgehead atoms. The number of rotatable bonds is 2. The molecule has 6 nitrogen and oxygen atoms in total. The van der Waals surface area contributed by atoms with Crippen molar-refractivity contribution < 1.29 is 14.3 Å². The molecule has 0 atom stereocenters. The molecule has 0 aliphatic carbocycles. The van der Waals surface area contributed by atoms with E-state index in [0.29, 0.717) is 6.54 Å². The highest BCUT2D eigenvalue weighted by molar-refractivity contribution is 5.82. The van der Waals surface area contributed by atoms with Crippen molar-refractivity contribution in [1.82, 2.24) is 15.8 Å². The molecule has 16 heavy (non-hydrogen) atoms.